The van der Waals surface area contributed by atoms with Gasteiger partial charge in [0.15, 0.2) is 0 Å². The molecule has 2 aromatic rings. The quantitative estimate of drug-likeness (QED) is 0.725. The number of halogens is 5. The van der Waals surface area contributed by atoms with Crippen molar-refractivity contribution in [2.75, 3.05) is 6.54 Å². The maximum absolute atomic E-state index is 12.9. The number of benzene rings is 2. The van der Waals surface area contributed by atoms with Crippen LogP contribution in [0.1, 0.15) is 11.1 Å². The van der Waals surface area contributed by atoms with Crippen LogP contribution < -0.4 is 9.46 Å². The Bertz CT molecular complexity index is 836. The van der Waals surface area contributed by atoms with Gasteiger partial charge in [-0.3, -0.25) is 0 Å². The van der Waals surface area contributed by atoms with Crippen molar-refractivity contribution in [2.24, 2.45) is 0 Å². The number of alkyl halides is 5. The molecule has 26 heavy (non-hydrogen) atoms. The van der Waals surface area contributed by atoms with Crippen LogP contribution in [0.15, 0.2) is 53.4 Å². The molecule has 0 unspecified atom stereocenters. The fraction of sp³-hybridized carbons (Fsp3) is 0.250. The third-order valence-corrected chi connectivity index (χ3v) is 4.86. The van der Waals surface area contributed by atoms with Gasteiger partial charge in [0, 0.05) is 6.54 Å². The molecule has 0 spiro atoms. The Hall–Kier alpha value is -2.20. The van der Waals surface area contributed by atoms with Gasteiger partial charge in [-0.1, -0.05) is 24.3 Å². The van der Waals surface area contributed by atoms with Gasteiger partial charge >= 0.3 is 12.8 Å². The van der Waals surface area contributed by atoms with Gasteiger partial charge in [0.2, 0.25) is 10.0 Å². The molecule has 0 aliphatic rings. The average molecular weight is 395 g/mol. The van der Waals surface area contributed by atoms with Crippen molar-refractivity contribution in [1.82, 2.24) is 4.72 Å². The van der Waals surface area contributed by atoms with Gasteiger partial charge in [0.05, 0.1) is 10.5 Å². The Morgan fingerprint density at radius 3 is 2.19 bits per heavy atom. The SMILES string of the molecule is O=S(=O)(NCCc1ccc(OC(F)F)cc1)c1ccccc1C(F)(F)F. The van der Waals surface area contributed by atoms with E-state index in [4.69, 9.17) is 0 Å². The number of sulfonamides is 1. The topological polar surface area (TPSA) is 55.4 Å². The lowest BCUT2D eigenvalue weighted by atomic mass is 10.1. The predicted octanol–water partition coefficient (Wildman–Crippen LogP) is 3.83. The van der Waals surface area contributed by atoms with E-state index in [1.165, 1.54) is 30.3 Å². The maximum atomic E-state index is 12.9. The molecule has 0 aromatic heterocycles. The van der Waals surface area contributed by atoms with E-state index in [1.54, 1.807) is 0 Å². The van der Waals surface area contributed by atoms with Crippen LogP contribution in [0.25, 0.3) is 0 Å². The van der Waals surface area contributed by atoms with E-state index in [9.17, 15) is 30.4 Å². The van der Waals surface area contributed by atoms with E-state index in [1.807, 2.05) is 0 Å². The van der Waals surface area contributed by atoms with E-state index in [0.717, 1.165) is 12.1 Å². The fourth-order valence-corrected chi connectivity index (χ4v) is 3.44. The summed E-state index contributed by atoms with van der Waals surface area (Å²) in [7, 11) is -4.36. The van der Waals surface area contributed by atoms with Gasteiger partial charge in [-0.25, -0.2) is 13.1 Å². The lowest BCUT2D eigenvalue weighted by Crippen LogP contribution is -2.28. The van der Waals surface area contributed by atoms with Crippen molar-refractivity contribution in [1.29, 1.82) is 0 Å². The first-order chi connectivity index (χ1) is 12.1. The highest BCUT2D eigenvalue weighted by Gasteiger charge is 2.36. The van der Waals surface area contributed by atoms with Crippen LogP contribution >= 0.6 is 0 Å². The zero-order valence-corrected chi connectivity index (χ0v) is 13.9. The highest BCUT2D eigenvalue weighted by molar-refractivity contribution is 7.89. The summed E-state index contributed by atoms with van der Waals surface area (Å²) in [5, 5.41) is 0. The van der Waals surface area contributed by atoms with Crippen LogP contribution in [0.3, 0.4) is 0 Å². The fourth-order valence-electron chi connectivity index (χ4n) is 2.18. The number of rotatable bonds is 7. The summed E-state index contributed by atoms with van der Waals surface area (Å²) in [5.74, 6) is -0.0524. The molecule has 0 radical (unpaired) electrons. The van der Waals surface area contributed by atoms with Gasteiger partial charge < -0.3 is 4.74 Å². The van der Waals surface area contributed by atoms with Crippen molar-refractivity contribution in [3.8, 4) is 5.75 Å². The molecule has 0 fully saturated rings. The van der Waals surface area contributed by atoms with Crippen molar-refractivity contribution in [3.63, 3.8) is 0 Å². The molecule has 0 bridgehead atoms. The van der Waals surface area contributed by atoms with Crippen LogP contribution in [-0.2, 0) is 22.6 Å². The average Bonchev–Trinajstić information content (AvgIpc) is 2.55. The first-order valence-electron chi connectivity index (χ1n) is 7.29. The number of nitrogens with one attached hydrogen (secondary N) is 1. The van der Waals surface area contributed by atoms with E-state index in [-0.39, 0.29) is 18.7 Å². The van der Waals surface area contributed by atoms with Crippen molar-refractivity contribution in [2.45, 2.75) is 24.1 Å². The van der Waals surface area contributed by atoms with Gasteiger partial charge in [-0.2, -0.15) is 22.0 Å². The van der Waals surface area contributed by atoms with Crippen molar-refractivity contribution < 1.29 is 35.1 Å². The Kier molecular flexibility index (Phi) is 6.19. The van der Waals surface area contributed by atoms with Crippen LogP contribution in [0.2, 0.25) is 0 Å². The van der Waals surface area contributed by atoms with Gasteiger partial charge in [0.1, 0.15) is 5.75 Å². The standard InChI is InChI=1S/C16H14F5NO3S/c17-15(18)25-12-7-5-11(6-8-12)9-10-22-26(23,24)14-4-2-1-3-13(14)16(19,20)21/h1-8,15,22H,9-10H2. The molecule has 0 amide bonds. The normalized spacial score (nSPS) is 12.4. The largest absolute Gasteiger partial charge is 0.435 e. The zero-order valence-electron chi connectivity index (χ0n) is 13.1. The smallest absolute Gasteiger partial charge is 0.417 e. The molecular weight excluding hydrogens is 381 g/mol. The Balaban J connectivity index is 2.03. The number of hydrogen-bond donors (Lipinski definition) is 1. The summed E-state index contributed by atoms with van der Waals surface area (Å²) < 4.78 is 93.5. The minimum Gasteiger partial charge on any atom is -0.435 e. The minimum atomic E-state index is -4.80. The molecule has 1 N–H and O–H groups in total. The van der Waals surface area contributed by atoms with Crippen LogP contribution in [0.5, 0.6) is 5.75 Å². The predicted molar refractivity (Wildman–Crippen MR) is 83.4 cm³/mol. The number of ether oxygens (including phenoxy) is 1. The molecule has 0 aliphatic heterocycles. The van der Waals surface area contributed by atoms with E-state index in [2.05, 4.69) is 9.46 Å². The second kappa shape index (κ2) is 8.00. The number of hydrogen-bond acceptors (Lipinski definition) is 3. The third-order valence-electron chi connectivity index (χ3n) is 3.34. The second-order valence-electron chi connectivity index (χ2n) is 5.16. The monoisotopic (exact) mass is 395 g/mol. The molecule has 0 aliphatic carbocycles. The molecule has 0 saturated carbocycles. The molecule has 4 nitrogen and oxygen atoms in total. The highest BCUT2D eigenvalue weighted by atomic mass is 32.2. The summed E-state index contributed by atoms with van der Waals surface area (Å²) in [4.78, 5) is -0.854. The van der Waals surface area contributed by atoms with Gasteiger partial charge in [-0.05, 0) is 36.2 Å². The molecule has 2 rings (SSSR count). The lowest BCUT2D eigenvalue weighted by Gasteiger charge is -2.13. The van der Waals surface area contributed by atoms with Crippen molar-refractivity contribution in [3.05, 3.63) is 59.7 Å². The molecule has 0 saturated heterocycles. The Morgan fingerprint density at radius 1 is 1.00 bits per heavy atom. The Morgan fingerprint density at radius 2 is 1.62 bits per heavy atom. The summed E-state index contributed by atoms with van der Waals surface area (Å²) in [5.41, 5.74) is -0.653. The Labute approximate surface area is 146 Å². The van der Waals surface area contributed by atoms with Gasteiger partial charge in [0.25, 0.3) is 0 Å². The highest BCUT2D eigenvalue weighted by Crippen LogP contribution is 2.33. The molecule has 10 heteroatoms. The van der Waals surface area contributed by atoms with Crippen LogP contribution in [0.4, 0.5) is 22.0 Å². The first kappa shape index (κ1) is 20.1. The molecule has 2 aromatic carbocycles. The van der Waals surface area contributed by atoms with Crippen LogP contribution in [0, 0.1) is 0 Å². The summed E-state index contributed by atoms with van der Waals surface area (Å²) in [6.07, 6.45) is -4.64. The second-order valence-corrected chi connectivity index (χ2v) is 6.90. The summed E-state index contributed by atoms with van der Waals surface area (Å²) in [6.45, 7) is -3.12. The minimum absolute atomic E-state index is 0.0524. The van der Waals surface area contributed by atoms with E-state index >= 15 is 0 Å². The van der Waals surface area contributed by atoms with Gasteiger partial charge in [-0.15, -0.1) is 0 Å². The lowest BCUT2D eigenvalue weighted by molar-refractivity contribution is -0.139. The molecular formula is C16H14F5NO3S. The third kappa shape index (κ3) is 5.40. The summed E-state index contributed by atoms with van der Waals surface area (Å²) >= 11 is 0. The maximum Gasteiger partial charge on any atom is 0.417 e. The first-order valence-corrected chi connectivity index (χ1v) is 8.77. The molecule has 0 atom stereocenters. The zero-order chi connectivity index (χ0) is 19.4. The molecule has 142 valence electrons. The summed E-state index contributed by atoms with van der Waals surface area (Å²) in [6, 6.07) is 9.35. The molecule has 0 heterocycles. The van der Waals surface area contributed by atoms with E-state index in [0.29, 0.717) is 11.6 Å². The van der Waals surface area contributed by atoms with Crippen LogP contribution in [-0.4, -0.2) is 21.6 Å². The van der Waals surface area contributed by atoms with Crippen molar-refractivity contribution >= 4 is 10.0 Å². The van der Waals surface area contributed by atoms with E-state index < -0.39 is 33.3 Å².